The highest BCUT2D eigenvalue weighted by molar-refractivity contribution is 7.90. The fourth-order valence-electron chi connectivity index (χ4n) is 6.96. The number of aromatic amines is 1. The van der Waals surface area contributed by atoms with Crippen molar-refractivity contribution >= 4 is 50.8 Å². The minimum Gasteiger partial charge on any atom is -0.394 e. The molecule has 2 aromatic carbocycles. The molecule has 6 N–H and O–H groups in total. The number of amides is 2. The number of benzene rings is 2. The molecule has 246 valence electrons. The van der Waals surface area contributed by atoms with Crippen molar-refractivity contribution in [3.05, 3.63) is 65.9 Å². The molecule has 1 aromatic heterocycles. The molecule has 2 amide bonds. The summed E-state index contributed by atoms with van der Waals surface area (Å²) in [7, 11) is -4.07. The molecule has 45 heavy (non-hydrogen) atoms. The quantitative estimate of drug-likeness (QED) is 0.170. The fourth-order valence-corrected chi connectivity index (χ4v) is 8.41. The van der Waals surface area contributed by atoms with Crippen LogP contribution in [0.3, 0.4) is 0 Å². The van der Waals surface area contributed by atoms with Crippen LogP contribution in [0.25, 0.3) is 10.9 Å². The van der Waals surface area contributed by atoms with Gasteiger partial charge >= 0.3 is 15.9 Å². The molecule has 3 heterocycles. The van der Waals surface area contributed by atoms with E-state index in [0.717, 1.165) is 41.4 Å². The second-order valence-electron chi connectivity index (χ2n) is 13.0. The lowest BCUT2D eigenvalue weighted by molar-refractivity contribution is -0.133. The van der Waals surface area contributed by atoms with Gasteiger partial charge in [-0.3, -0.25) is 4.79 Å². The number of hydrogen-bond acceptors (Lipinski definition) is 8. The summed E-state index contributed by atoms with van der Waals surface area (Å²) in [4.78, 5) is 31.8. The molecule has 3 aromatic rings. The van der Waals surface area contributed by atoms with E-state index in [1.807, 2.05) is 36.4 Å². The molecule has 2 aliphatic heterocycles. The summed E-state index contributed by atoms with van der Waals surface area (Å²) in [5.41, 5.74) is 1.73. The third kappa shape index (κ3) is 6.83. The number of aromatic nitrogens is 1. The number of rotatable bonds is 11. The van der Waals surface area contributed by atoms with Crippen LogP contribution in [0.15, 0.2) is 54.7 Å². The number of halogens is 1. The average molecular weight is 663 g/mol. The predicted molar refractivity (Wildman–Crippen MR) is 178 cm³/mol. The average Bonchev–Trinajstić information content (AvgIpc) is 3.53. The second kappa shape index (κ2) is 13.5. The highest BCUT2D eigenvalue weighted by Crippen LogP contribution is 2.51. The molecule has 1 spiro atoms. The summed E-state index contributed by atoms with van der Waals surface area (Å²) in [5.74, 6) is -1.02. The van der Waals surface area contributed by atoms with Gasteiger partial charge in [-0.1, -0.05) is 36.4 Å². The molecule has 13 heteroatoms. The topological polar surface area (TPSA) is 161 Å². The number of H-pyrrole nitrogens is 1. The summed E-state index contributed by atoms with van der Waals surface area (Å²) in [5, 5.41) is 29.2. The van der Waals surface area contributed by atoms with E-state index >= 15 is 0 Å². The highest BCUT2D eigenvalue weighted by Gasteiger charge is 2.63. The number of β-amino-alcohol motifs (C(OH)–C–C–N with tert-alkyl or cyclic N) is 1. The van der Waals surface area contributed by atoms with Gasteiger partial charge in [0.25, 0.3) is 0 Å². The third-order valence-electron chi connectivity index (χ3n) is 9.23. The lowest BCUT2D eigenvalue weighted by Crippen LogP contribution is -2.66. The zero-order chi connectivity index (χ0) is 31.8. The number of carbonyl (C=O) groups excluding carboxylic acids is 2. The molecule has 5 rings (SSSR count). The number of sulfonamides is 1. The molecule has 11 nitrogen and oxygen atoms in total. The van der Waals surface area contributed by atoms with Gasteiger partial charge in [-0.05, 0) is 51.4 Å². The van der Waals surface area contributed by atoms with Crippen molar-refractivity contribution in [3.63, 3.8) is 0 Å². The number of nitrogens with zero attached hydrogens (tertiary/aromatic N) is 1. The molecule has 1 unspecified atom stereocenters. The number of carbonyl (C=O) groups is 2. The maximum absolute atomic E-state index is 15.0. The van der Waals surface area contributed by atoms with E-state index in [4.69, 9.17) is 0 Å². The molecule has 0 bridgehead atoms. The smallest absolute Gasteiger partial charge is 0.356 e. The van der Waals surface area contributed by atoms with Gasteiger partial charge < -0.3 is 31.1 Å². The van der Waals surface area contributed by atoms with Crippen LogP contribution in [0.5, 0.6) is 0 Å². The Morgan fingerprint density at radius 3 is 2.44 bits per heavy atom. The molecule has 0 aliphatic carbocycles. The third-order valence-corrected chi connectivity index (χ3v) is 10.9. The Hall–Kier alpha value is -2.84. The molecular weight excluding hydrogens is 618 g/mol. The number of nitrogens with one attached hydrogen (secondary N) is 4. The first-order valence-electron chi connectivity index (χ1n) is 15.1. The first-order chi connectivity index (χ1) is 20.8. The Labute approximate surface area is 270 Å². The Balaban J connectivity index is 0.00000461. The van der Waals surface area contributed by atoms with Crippen LogP contribution in [0.2, 0.25) is 0 Å². The van der Waals surface area contributed by atoms with E-state index in [9.17, 15) is 28.2 Å². The monoisotopic (exact) mass is 662 g/mol. The fraction of sp³-hybridized carbons (Fsp3) is 0.500. The maximum atomic E-state index is 15.0. The number of para-hydroxylation sites is 2. The second-order valence-corrected chi connectivity index (χ2v) is 15.1. The van der Waals surface area contributed by atoms with E-state index in [-0.39, 0.29) is 38.3 Å². The minimum atomic E-state index is -4.07. The first-order valence-corrected chi connectivity index (χ1v) is 17.0. The van der Waals surface area contributed by atoms with E-state index in [2.05, 4.69) is 20.9 Å². The van der Waals surface area contributed by atoms with Crippen LogP contribution in [-0.2, 0) is 31.4 Å². The normalized spacial score (nSPS) is 20.7. The summed E-state index contributed by atoms with van der Waals surface area (Å²) in [6, 6.07) is 13.9. The van der Waals surface area contributed by atoms with Crippen LogP contribution in [0, 0.1) is 0 Å². The molecular formula is C32H45ClN5O6S+. The maximum Gasteiger partial charge on any atom is 0.356 e. The number of hydrogen-bond donors (Lipinski definition) is 6. The number of aliphatic hydroxyl groups is 2. The standard InChI is InChI=1S/C32H43N5O6S.ClH/c1-31(2,35-19-23(39)20-38)17-29(40)36-27(16-22-18-34-26-10-6-4-8-24(22)26)30(41)37(44(3,42)43)21-32(12-14-33-15-13-32)25-9-5-7-11-28(25)37;/h4-11,18,23,27,33-35,38-39H,12-17,19-21H2,1-3H3;1H/p+1/t23-,27-,37?;/m1./s1. The summed E-state index contributed by atoms with van der Waals surface area (Å²) in [6.45, 7) is 4.75. The Kier molecular flexibility index (Phi) is 10.5. The van der Waals surface area contributed by atoms with Gasteiger partial charge in [0.05, 0.1) is 24.4 Å². The van der Waals surface area contributed by atoms with Gasteiger partial charge in [0.2, 0.25) is 5.91 Å². The number of quaternary nitrogens is 1. The van der Waals surface area contributed by atoms with Gasteiger partial charge in [-0.25, -0.2) is 4.79 Å². The van der Waals surface area contributed by atoms with E-state index in [0.29, 0.717) is 18.5 Å². The first kappa shape index (κ1) is 35.0. The van der Waals surface area contributed by atoms with Crippen molar-refractivity contribution in [1.82, 2.24) is 24.8 Å². The molecule has 3 atom stereocenters. The lowest BCUT2D eigenvalue weighted by Gasteiger charge is -2.37. The van der Waals surface area contributed by atoms with E-state index in [1.54, 1.807) is 32.2 Å². The number of fused-ring (bicyclic) bond motifs is 3. The van der Waals surface area contributed by atoms with E-state index < -0.39 is 55.4 Å². The van der Waals surface area contributed by atoms with Crippen LogP contribution in [0.4, 0.5) is 5.69 Å². The van der Waals surface area contributed by atoms with Crippen LogP contribution in [0.1, 0.15) is 44.2 Å². The molecule has 0 radical (unpaired) electrons. The van der Waals surface area contributed by atoms with Crippen molar-refractivity contribution in [2.45, 2.75) is 62.6 Å². The van der Waals surface area contributed by atoms with Crippen LogP contribution >= 0.6 is 12.4 Å². The molecule has 1 fully saturated rings. The van der Waals surface area contributed by atoms with Crippen molar-refractivity contribution in [2.75, 3.05) is 39.0 Å². The van der Waals surface area contributed by atoms with Gasteiger partial charge in [0.15, 0.2) is 11.7 Å². The van der Waals surface area contributed by atoms with Gasteiger partial charge in [-0.2, -0.15) is 8.42 Å². The van der Waals surface area contributed by atoms with Crippen molar-refractivity contribution < 1.29 is 28.2 Å². The van der Waals surface area contributed by atoms with Gasteiger partial charge in [0, 0.05) is 53.7 Å². The largest absolute Gasteiger partial charge is 0.394 e. The van der Waals surface area contributed by atoms with Crippen molar-refractivity contribution in [2.24, 2.45) is 0 Å². The highest BCUT2D eigenvalue weighted by atomic mass is 35.5. The van der Waals surface area contributed by atoms with Gasteiger partial charge in [0.1, 0.15) is 6.54 Å². The summed E-state index contributed by atoms with van der Waals surface area (Å²) in [6.07, 6.45) is 3.38. The Morgan fingerprint density at radius 1 is 1.09 bits per heavy atom. The molecule has 0 saturated carbocycles. The van der Waals surface area contributed by atoms with Crippen LogP contribution < -0.4 is 19.8 Å². The van der Waals surface area contributed by atoms with Crippen molar-refractivity contribution in [3.8, 4) is 0 Å². The Morgan fingerprint density at radius 2 is 1.76 bits per heavy atom. The predicted octanol–water partition coefficient (Wildman–Crippen LogP) is 1.86. The minimum absolute atomic E-state index is 0. The summed E-state index contributed by atoms with van der Waals surface area (Å²) >= 11 is 0. The zero-order valence-electron chi connectivity index (χ0n) is 26.0. The van der Waals surface area contributed by atoms with Gasteiger partial charge in [-0.15, -0.1) is 16.3 Å². The van der Waals surface area contributed by atoms with E-state index in [1.165, 1.54) is 0 Å². The van der Waals surface area contributed by atoms with Crippen LogP contribution in [-0.4, -0.2) is 92.2 Å². The van der Waals surface area contributed by atoms with Crippen molar-refractivity contribution in [1.29, 1.82) is 0 Å². The summed E-state index contributed by atoms with van der Waals surface area (Å²) < 4.78 is 27.1. The molecule has 1 saturated heterocycles. The molecule has 2 aliphatic rings. The Bertz CT molecular complexity index is 1640. The zero-order valence-corrected chi connectivity index (χ0v) is 27.6. The number of aliphatic hydroxyl groups excluding tert-OH is 2. The lowest BCUT2D eigenvalue weighted by atomic mass is 9.75. The SMILES string of the molecule is CC(C)(CC(=O)N[C@H](Cc1c[nH]c2ccccc12)C(=O)[N+]1(S(C)(=O)=O)CC2(CCNCC2)c2ccccc21)NC[C@@H](O)CO.Cl. The number of piperidine rings is 1.